The molecular weight excluding hydrogens is 294 g/mol. The summed E-state index contributed by atoms with van der Waals surface area (Å²) in [5.41, 5.74) is 5.35. The van der Waals surface area contributed by atoms with Crippen molar-refractivity contribution in [2.24, 2.45) is 5.41 Å². The Labute approximate surface area is 135 Å². The Bertz CT molecular complexity index is 664. The van der Waals surface area contributed by atoms with Gasteiger partial charge in [0.05, 0.1) is 11.4 Å². The Kier molecular flexibility index (Phi) is 6.26. The first-order valence-electron chi connectivity index (χ1n) is 7.06. The second-order valence-electron chi connectivity index (χ2n) is 5.88. The molecule has 0 aliphatic rings. The van der Waals surface area contributed by atoms with Crippen LogP contribution in [0.3, 0.4) is 0 Å². The van der Waals surface area contributed by atoms with Crippen molar-refractivity contribution in [2.45, 2.75) is 20.8 Å². The van der Waals surface area contributed by atoms with Crippen LogP contribution >= 0.6 is 0 Å². The van der Waals surface area contributed by atoms with Crippen LogP contribution in [-0.2, 0) is 4.79 Å². The van der Waals surface area contributed by atoms with Crippen LogP contribution in [0.2, 0.25) is 0 Å². The number of aromatic amines is 1. The van der Waals surface area contributed by atoms with E-state index in [0.29, 0.717) is 11.6 Å². The number of amides is 1. The predicted molar refractivity (Wildman–Crippen MR) is 86.3 cm³/mol. The summed E-state index contributed by atoms with van der Waals surface area (Å²) in [5.74, 6) is -0.0309. The van der Waals surface area contributed by atoms with Gasteiger partial charge in [-0.05, 0) is 32.4 Å². The molecule has 0 saturated carbocycles. The van der Waals surface area contributed by atoms with Crippen LogP contribution in [-0.4, -0.2) is 11.9 Å². The van der Waals surface area contributed by atoms with Crippen molar-refractivity contribution in [3.63, 3.8) is 0 Å². The fourth-order valence-electron chi connectivity index (χ4n) is 1.44. The normalized spacial score (nSPS) is 10.2. The molecule has 2 rings (SSSR count). The van der Waals surface area contributed by atoms with Gasteiger partial charge in [0, 0.05) is 12.1 Å². The number of carbonyl (C=O) groups excluding carboxylic acids is 2. The van der Waals surface area contributed by atoms with E-state index in [2.05, 4.69) is 10.3 Å². The van der Waals surface area contributed by atoms with E-state index in [1.807, 2.05) is 20.8 Å². The zero-order chi connectivity index (χ0) is 17.5. The van der Waals surface area contributed by atoms with Crippen molar-refractivity contribution in [3.8, 4) is 0 Å². The number of rotatable bonds is 2. The van der Waals surface area contributed by atoms with Gasteiger partial charge in [0.1, 0.15) is 0 Å². The largest absolute Gasteiger partial charge is 0.545 e. The van der Waals surface area contributed by atoms with Crippen molar-refractivity contribution in [2.75, 3.05) is 11.1 Å². The molecule has 4 N–H and O–H groups in total. The number of hydrogen-bond acceptors (Lipinski definition) is 4. The van der Waals surface area contributed by atoms with Crippen molar-refractivity contribution >= 4 is 23.5 Å². The van der Waals surface area contributed by atoms with E-state index in [1.54, 1.807) is 36.4 Å². The maximum atomic E-state index is 11.6. The SMILES string of the molecule is CC(C)(C)C(=O)Nc1cccc(N)[nH+]1.O=C([O-])c1ccccc1. The molecule has 122 valence electrons. The molecule has 0 saturated heterocycles. The van der Waals surface area contributed by atoms with Gasteiger partial charge in [0.15, 0.2) is 0 Å². The highest BCUT2D eigenvalue weighted by atomic mass is 16.4. The number of hydrogen-bond donors (Lipinski definition) is 2. The third-order valence-corrected chi connectivity index (χ3v) is 2.76. The van der Waals surface area contributed by atoms with Gasteiger partial charge < -0.3 is 15.6 Å². The van der Waals surface area contributed by atoms with Crippen LogP contribution in [0.5, 0.6) is 0 Å². The van der Waals surface area contributed by atoms with Crippen molar-refractivity contribution < 1.29 is 19.7 Å². The molecule has 1 amide bonds. The first-order chi connectivity index (χ1) is 10.7. The molecule has 0 fully saturated rings. The summed E-state index contributed by atoms with van der Waals surface area (Å²) >= 11 is 0. The molecule has 0 bridgehead atoms. The summed E-state index contributed by atoms with van der Waals surface area (Å²) in [6.07, 6.45) is 0. The highest BCUT2D eigenvalue weighted by molar-refractivity contribution is 5.93. The van der Waals surface area contributed by atoms with Crippen LogP contribution in [0.15, 0.2) is 48.5 Å². The van der Waals surface area contributed by atoms with Gasteiger partial charge in [-0.3, -0.25) is 4.79 Å². The summed E-state index contributed by atoms with van der Waals surface area (Å²) in [6, 6.07) is 13.3. The minimum atomic E-state index is -1.13. The predicted octanol–water partition coefficient (Wildman–Crippen LogP) is 1.12. The number of carboxylic acids is 1. The quantitative estimate of drug-likeness (QED) is 0.865. The molecular formula is C17H21N3O3. The number of anilines is 2. The second kappa shape index (κ2) is 7.93. The topological polar surface area (TPSA) is 109 Å². The molecule has 0 aliphatic heterocycles. The smallest absolute Gasteiger partial charge is 0.285 e. The van der Waals surface area contributed by atoms with E-state index in [-0.39, 0.29) is 11.5 Å². The molecule has 6 heteroatoms. The molecule has 1 heterocycles. The van der Waals surface area contributed by atoms with Crippen molar-refractivity contribution in [1.82, 2.24) is 0 Å². The van der Waals surface area contributed by atoms with Crippen LogP contribution < -0.4 is 21.1 Å². The van der Waals surface area contributed by atoms with Crippen LogP contribution in [0.25, 0.3) is 0 Å². The molecule has 0 unspecified atom stereocenters. The summed E-state index contributed by atoms with van der Waals surface area (Å²) in [7, 11) is 0. The number of nitrogen functional groups attached to an aromatic ring is 1. The van der Waals surface area contributed by atoms with Crippen LogP contribution in [0.1, 0.15) is 31.1 Å². The number of aromatic carboxylic acids is 1. The van der Waals surface area contributed by atoms with Gasteiger partial charge in [-0.15, -0.1) is 0 Å². The van der Waals surface area contributed by atoms with Crippen molar-refractivity contribution in [1.29, 1.82) is 0 Å². The lowest BCUT2D eigenvalue weighted by molar-refractivity contribution is -0.343. The number of H-pyrrole nitrogens is 1. The van der Waals surface area contributed by atoms with Crippen LogP contribution in [0.4, 0.5) is 11.6 Å². The Morgan fingerprint density at radius 2 is 1.65 bits per heavy atom. The first kappa shape index (κ1) is 18.2. The number of benzene rings is 1. The van der Waals surface area contributed by atoms with Gasteiger partial charge in [0.2, 0.25) is 11.6 Å². The standard InChI is InChI=1S/C10H15N3O.C7H6O2/c1-10(2,3)9(14)13-8-6-4-5-7(11)12-8;8-7(9)6-4-2-1-3-5-6/h4-6H,1-3H3,(H3,11,12,13,14);1-5H,(H,8,9). The molecule has 1 aromatic carbocycles. The summed E-state index contributed by atoms with van der Waals surface area (Å²) in [5, 5.41) is 12.8. The highest BCUT2D eigenvalue weighted by Gasteiger charge is 2.24. The molecule has 1 aromatic heterocycles. The summed E-state index contributed by atoms with van der Waals surface area (Å²) < 4.78 is 0. The molecule has 6 nitrogen and oxygen atoms in total. The molecule has 0 radical (unpaired) electrons. The van der Waals surface area contributed by atoms with Gasteiger partial charge in [-0.25, -0.2) is 10.3 Å². The Balaban J connectivity index is 0.000000253. The number of aromatic nitrogens is 1. The lowest BCUT2D eigenvalue weighted by Gasteiger charge is -2.13. The Morgan fingerprint density at radius 1 is 1.04 bits per heavy atom. The monoisotopic (exact) mass is 315 g/mol. The maximum Gasteiger partial charge on any atom is 0.285 e. The second-order valence-corrected chi connectivity index (χ2v) is 5.88. The molecule has 0 atom stereocenters. The van der Waals surface area contributed by atoms with Gasteiger partial charge in [-0.2, -0.15) is 0 Å². The fourth-order valence-corrected chi connectivity index (χ4v) is 1.44. The number of nitrogens with two attached hydrogens (primary N) is 1. The highest BCUT2D eigenvalue weighted by Crippen LogP contribution is 2.15. The average molecular weight is 315 g/mol. The van der Waals surface area contributed by atoms with Gasteiger partial charge >= 0.3 is 0 Å². The Morgan fingerprint density at radius 3 is 2.09 bits per heavy atom. The third-order valence-electron chi connectivity index (χ3n) is 2.76. The summed E-state index contributed by atoms with van der Waals surface area (Å²) in [6.45, 7) is 5.57. The zero-order valence-corrected chi connectivity index (χ0v) is 13.4. The minimum Gasteiger partial charge on any atom is -0.545 e. The van der Waals surface area contributed by atoms with Gasteiger partial charge in [-0.1, -0.05) is 30.3 Å². The van der Waals surface area contributed by atoms with E-state index in [9.17, 15) is 14.7 Å². The molecule has 0 aliphatic carbocycles. The van der Waals surface area contributed by atoms with E-state index < -0.39 is 11.4 Å². The number of carbonyl (C=O) groups is 2. The summed E-state index contributed by atoms with van der Waals surface area (Å²) in [4.78, 5) is 24.5. The molecule has 23 heavy (non-hydrogen) atoms. The number of pyridine rings is 1. The number of carboxylic acid groups (broad SMARTS) is 1. The lowest BCUT2D eigenvalue weighted by Crippen LogP contribution is -2.30. The van der Waals surface area contributed by atoms with E-state index in [0.717, 1.165) is 0 Å². The van der Waals surface area contributed by atoms with Crippen molar-refractivity contribution in [3.05, 3.63) is 54.1 Å². The van der Waals surface area contributed by atoms with E-state index in [1.165, 1.54) is 12.1 Å². The van der Waals surface area contributed by atoms with Crippen LogP contribution in [0, 0.1) is 5.41 Å². The lowest BCUT2D eigenvalue weighted by atomic mass is 9.96. The molecule has 0 spiro atoms. The minimum absolute atomic E-state index is 0.0423. The number of nitrogens with one attached hydrogen (secondary N) is 2. The van der Waals surface area contributed by atoms with Gasteiger partial charge in [0.25, 0.3) is 5.91 Å². The van der Waals surface area contributed by atoms with E-state index >= 15 is 0 Å². The molecule has 2 aromatic rings. The Hall–Kier alpha value is -2.89. The maximum absolute atomic E-state index is 11.6. The zero-order valence-electron chi connectivity index (χ0n) is 13.4. The fraction of sp³-hybridized carbons (Fsp3) is 0.235. The van der Waals surface area contributed by atoms with E-state index in [4.69, 9.17) is 5.73 Å². The third kappa shape index (κ3) is 6.60. The first-order valence-corrected chi connectivity index (χ1v) is 7.06. The average Bonchev–Trinajstić information content (AvgIpc) is 2.48.